The fourth-order valence-corrected chi connectivity index (χ4v) is 5.65. The summed E-state index contributed by atoms with van der Waals surface area (Å²) in [6.07, 6.45) is 2.36. The van der Waals surface area contributed by atoms with E-state index in [9.17, 15) is 17.6 Å². The van der Waals surface area contributed by atoms with E-state index in [1.165, 1.54) is 35.8 Å². The fraction of sp³-hybridized carbons (Fsp3) is 0.263. The van der Waals surface area contributed by atoms with Crippen molar-refractivity contribution in [2.75, 3.05) is 6.54 Å². The Morgan fingerprint density at radius 1 is 1.31 bits per heavy atom. The van der Waals surface area contributed by atoms with Gasteiger partial charge in [-0.1, -0.05) is 18.2 Å². The third-order valence-electron chi connectivity index (χ3n) is 4.66. The number of carbonyl (C=O) groups is 1. The van der Waals surface area contributed by atoms with Crippen LogP contribution in [0.25, 0.3) is 10.8 Å². The molecule has 1 unspecified atom stereocenters. The molecule has 3 aromatic rings. The second kappa shape index (κ2) is 8.05. The minimum absolute atomic E-state index is 0.109. The van der Waals surface area contributed by atoms with Crippen molar-refractivity contribution in [2.45, 2.75) is 30.3 Å². The zero-order chi connectivity index (χ0) is 20.4. The van der Waals surface area contributed by atoms with Crippen LogP contribution in [0.1, 0.15) is 18.5 Å². The van der Waals surface area contributed by atoms with Gasteiger partial charge in [-0.05, 0) is 36.4 Å². The molecule has 3 heterocycles. The van der Waals surface area contributed by atoms with E-state index in [0.717, 1.165) is 15.2 Å². The largest absolute Gasteiger partial charge is 0.443 e. The number of aromatic nitrogens is 1. The zero-order valence-electron chi connectivity index (χ0n) is 15.2. The third kappa shape index (κ3) is 3.96. The summed E-state index contributed by atoms with van der Waals surface area (Å²) >= 11 is 1.49. The van der Waals surface area contributed by atoms with Crippen LogP contribution in [0.3, 0.4) is 0 Å². The molecule has 0 bridgehead atoms. The number of sulfonamides is 1. The van der Waals surface area contributed by atoms with Crippen LogP contribution in [0, 0.1) is 5.82 Å². The number of rotatable bonds is 6. The number of nitrogens with one attached hydrogen (secondary N) is 1. The predicted octanol–water partition coefficient (Wildman–Crippen LogP) is 3.01. The Labute approximate surface area is 171 Å². The first-order chi connectivity index (χ1) is 14.0. The number of oxazole rings is 1. The van der Waals surface area contributed by atoms with Crippen LogP contribution in [0.15, 0.2) is 57.4 Å². The highest BCUT2D eigenvalue weighted by Gasteiger charge is 2.40. The summed E-state index contributed by atoms with van der Waals surface area (Å²) in [5, 5.41) is 4.62. The maximum absolute atomic E-state index is 14.0. The molecule has 1 atom stereocenters. The Bertz CT molecular complexity index is 1110. The van der Waals surface area contributed by atoms with Gasteiger partial charge >= 0.3 is 0 Å². The molecular formula is C19H18FN3O4S2. The summed E-state index contributed by atoms with van der Waals surface area (Å²) in [4.78, 5) is 17.4. The molecule has 7 nitrogen and oxygen atoms in total. The number of halogens is 1. The molecule has 4 rings (SSSR count). The molecule has 0 aliphatic carbocycles. The molecule has 10 heteroatoms. The number of thiophene rings is 1. The molecule has 1 saturated heterocycles. The maximum Gasteiger partial charge on any atom is 0.246 e. The van der Waals surface area contributed by atoms with Gasteiger partial charge in [0.1, 0.15) is 23.0 Å². The van der Waals surface area contributed by atoms with Crippen molar-refractivity contribution < 1.29 is 22.0 Å². The Kier molecular flexibility index (Phi) is 5.48. The van der Waals surface area contributed by atoms with Crippen LogP contribution in [0.4, 0.5) is 4.39 Å². The van der Waals surface area contributed by atoms with Crippen LogP contribution in [0.5, 0.6) is 0 Å². The summed E-state index contributed by atoms with van der Waals surface area (Å²) in [7, 11) is -4.11. The normalized spacial score (nSPS) is 17.5. The topological polar surface area (TPSA) is 92.5 Å². The standard InChI is InChI=1S/C19H18FN3O4S2/c20-14-5-1-2-8-17(14)29(25,26)23-9-3-6-15(23)18(24)21-11-13-12-27-19(22-13)16-7-4-10-28-16/h1-2,4-5,7-8,10,12,15H,3,6,9,11H2,(H,21,24). The predicted molar refractivity (Wildman–Crippen MR) is 105 cm³/mol. The molecule has 1 N–H and O–H groups in total. The summed E-state index contributed by atoms with van der Waals surface area (Å²) in [6.45, 7) is 0.277. The molecule has 29 heavy (non-hydrogen) atoms. The van der Waals surface area contributed by atoms with Gasteiger partial charge in [0.25, 0.3) is 0 Å². The highest BCUT2D eigenvalue weighted by Crippen LogP contribution is 2.28. The molecule has 1 fully saturated rings. The smallest absolute Gasteiger partial charge is 0.246 e. The monoisotopic (exact) mass is 435 g/mol. The second-order valence-corrected chi connectivity index (χ2v) is 9.35. The SMILES string of the molecule is O=C(NCc1coc(-c2cccs2)n1)C1CCCN1S(=O)(=O)c1ccccc1F. The summed E-state index contributed by atoms with van der Waals surface area (Å²) in [6, 6.07) is 8.05. The zero-order valence-corrected chi connectivity index (χ0v) is 16.9. The first-order valence-corrected chi connectivity index (χ1v) is 11.3. The maximum atomic E-state index is 14.0. The van der Waals surface area contributed by atoms with E-state index in [4.69, 9.17) is 4.42 Å². The number of nitrogens with zero attached hydrogens (tertiary/aromatic N) is 2. The number of hydrogen-bond donors (Lipinski definition) is 1. The Balaban J connectivity index is 1.45. The van der Waals surface area contributed by atoms with E-state index in [1.807, 2.05) is 17.5 Å². The van der Waals surface area contributed by atoms with Crippen LogP contribution < -0.4 is 5.32 Å². The Morgan fingerprint density at radius 2 is 2.14 bits per heavy atom. The number of carbonyl (C=O) groups excluding carboxylic acids is 1. The van der Waals surface area contributed by atoms with Gasteiger partial charge in [0, 0.05) is 6.54 Å². The van der Waals surface area contributed by atoms with Crippen molar-refractivity contribution in [3.05, 3.63) is 59.6 Å². The van der Waals surface area contributed by atoms with Crippen molar-refractivity contribution >= 4 is 27.3 Å². The lowest BCUT2D eigenvalue weighted by Crippen LogP contribution is -2.45. The third-order valence-corrected chi connectivity index (χ3v) is 7.46. The van der Waals surface area contributed by atoms with Crippen LogP contribution >= 0.6 is 11.3 Å². The average Bonchev–Trinajstić information content (AvgIpc) is 3.47. The quantitative estimate of drug-likeness (QED) is 0.643. The van der Waals surface area contributed by atoms with Crippen LogP contribution in [-0.4, -0.2) is 36.2 Å². The van der Waals surface area contributed by atoms with Gasteiger partial charge in [-0.2, -0.15) is 4.31 Å². The van der Waals surface area contributed by atoms with Crippen molar-refractivity contribution in [1.82, 2.24) is 14.6 Å². The summed E-state index contributed by atoms with van der Waals surface area (Å²) < 4.78 is 46.2. The Hall–Kier alpha value is -2.56. The fourth-order valence-electron chi connectivity index (χ4n) is 3.27. The molecule has 1 aromatic carbocycles. The molecule has 1 amide bonds. The van der Waals surface area contributed by atoms with Gasteiger partial charge in [-0.3, -0.25) is 4.79 Å². The number of hydrogen-bond acceptors (Lipinski definition) is 6. The molecule has 152 valence electrons. The van der Waals surface area contributed by atoms with Crippen molar-refractivity contribution in [3.63, 3.8) is 0 Å². The van der Waals surface area contributed by atoms with Gasteiger partial charge in [0.2, 0.25) is 21.8 Å². The molecule has 2 aromatic heterocycles. The van der Waals surface area contributed by atoms with Gasteiger partial charge in [0.15, 0.2) is 0 Å². The van der Waals surface area contributed by atoms with Gasteiger partial charge in [0.05, 0.1) is 17.1 Å². The lowest BCUT2D eigenvalue weighted by molar-refractivity contribution is -0.124. The lowest BCUT2D eigenvalue weighted by Gasteiger charge is -2.23. The van der Waals surface area contributed by atoms with Crippen molar-refractivity contribution in [1.29, 1.82) is 0 Å². The highest BCUT2D eigenvalue weighted by molar-refractivity contribution is 7.89. The van der Waals surface area contributed by atoms with Gasteiger partial charge in [-0.15, -0.1) is 11.3 Å². The summed E-state index contributed by atoms with van der Waals surface area (Å²) in [5.41, 5.74) is 0.531. The summed E-state index contributed by atoms with van der Waals surface area (Å²) in [5.74, 6) is -0.806. The first-order valence-electron chi connectivity index (χ1n) is 8.99. The molecule has 1 aliphatic heterocycles. The lowest BCUT2D eigenvalue weighted by atomic mass is 10.2. The molecule has 0 saturated carbocycles. The first kappa shape index (κ1) is 19.7. The second-order valence-electron chi connectivity index (χ2n) is 6.54. The molecule has 1 aliphatic rings. The molecular weight excluding hydrogens is 417 g/mol. The van der Waals surface area contributed by atoms with Crippen LogP contribution in [-0.2, 0) is 21.4 Å². The van der Waals surface area contributed by atoms with Crippen molar-refractivity contribution in [2.24, 2.45) is 0 Å². The van der Waals surface area contributed by atoms with Gasteiger partial charge in [-0.25, -0.2) is 17.8 Å². The molecule has 0 spiro atoms. The minimum atomic E-state index is -4.11. The van der Waals surface area contributed by atoms with E-state index in [1.54, 1.807) is 0 Å². The van der Waals surface area contributed by atoms with Crippen molar-refractivity contribution in [3.8, 4) is 10.8 Å². The van der Waals surface area contributed by atoms with E-state index in [2.05, 4.69) is 10.3 Å². The van der Waals surface area contributed by atoms with Gasteiger partial charge < -0.3 is 9.73 Å². The number of amides is 1. The highest BCUT2D eigenvalue weighted by atomic mass is 32.2. The van der Waals surface area contributed by atoms with E-state index < -0.39 is 32.7 Å². The average molecular weight is 436 g/mol. The number of benzene rings is 1. The molecule has 0 radical (unpaired) electrons. The minimum Gasteiger partial charge on any atom is -0.443 e. The van der Waals surface area contributed by atoms with E-state index in [-0.39, 0.29) is 13.1 Å². The van der Waals surface area contributed by atoms with Crippen LogP contribution in [0.2, 0.25) is 0 Å². The Morgan fingerprint density at radius 3 is 2.90 bits per heavy atom. The van der Waals surface area contributed by atoms with E-state index >= 15 is 0 Å². The van der Waals surface area contributed by atoms with E-state index in [0.29, 0.717) is 24.4 Å².